The van der Waals surface area contributed by atoms with Crippen LogP contribution in [0, 0.1) is 13.8 Å². The van der Waals surface area contributed by atoms with Crippen LogP contribution in [-0.4, -0.2) is 15.9 Å². The van der Waals surface area contributed by atoms with Crippen LogP contribution in [-0.2, 0) is 0 Å². The number of benzene rings is 2. The Morgan fingerprint density at radius 2 is 1.62 bits per heavy atom. The molecule has 0 unspecified atom stereocenters. The summed E-state index contributed by atoms with van der Waals surface area (Å²) in [6, 6.07) is 10.9. The van der Waals surface area contributed by atoms with Crippen LogP contribution >= 0.6 is 23.2 Å². The Hall–Kier alpha value is -2.63. The number of rotatable bonds is 4. The van der Waals surface area contributed by atoms with Crippen molar-refractivity contribution in [3.05, 3.63) is 75.5 Å². The molecule has 7 heteroatoms. The Balaban J connectivity index is 1.71. The van der Waals surface area contributed by atoms with E-state index in [1.165, 1.54) is 12.4 Å². The predicted octanol–water partition coefficient (Wildman–Crippen LogP) is 5.40. The van der Waals surface area contributed by atoms with Gasteiger partial charge >= 0.3 is 0 Å². The highest BCUT2D eigenvalue weighted by molar-refractivity contribution is 6.36. The molecule has 1 aromatic heterocycles. The van der Waals surface area contributed by atoms with E-state index in [-0.39, 0.29) is 5.91 Å². The smallest absolute Gasteiger partial charge is 0.258 e. The summed E-state index contributed by atoms with van der Waals surface area (Å²) in [5.41, 5.74) is 3.88. The number of halogens is 2. The molecule has 26 heavy (non-hydrogen) atoms. The van der Waals surface area contributed by atoms with Crippen molar-refractivity contribution in [1.29, 1.82) is 0 Å². The molecule has 132 valence electrons. The highest BCUT2D eigenvalue weighted by atomic mass is 35.5. The summed E-state index contributed by atoms with van der Waals surface area (Å²) < 4.78 is 0. The molecular weight excluding hydrogens is 371 g/mol. The van der Waals surface area contributed by atoms with Gasteiger partial charge in [0.05, 0.1) is 16.3 Å². The first kappa shape index (κ1) is 18.2. The van der Waals surface area contributed by atoms with Gasteiger partial charge in [-0.15, -0.1) is 0 Å². The molecule has 2 N–H and O–H groups in total. The van der Waals surface area contributed by atoms with Gasteiger partial charge in [-0.05, 0) is 55.3 Å². The molecule has 0 saturated carbocycles. The molecule has 0 atom stereocenters. The maximum absolute atomic E-state index is 12.4. The van der Waals surface area contributed by atoms with E-state index in [1.54, 1.807) is 18.2 Å². The minimum absolute atomic E-state index is 0.272. The summed E-state index contributed by atoms with van der Waals surface area (Å²) in [4.78, 5) is 20.7. The van der Waals surface area contributed by atoms with Crippen LogP contribution in [0.1, 0.15) is 21.5 Å². The van der Waals surface area contributed by atoms with Gasteiger partial charge < -0.3 is 10.6 Å². The number of anilines is 3. The van der Waals surface area contributed by atoms with Crippen molar-refractivity contribution in [2.24, 2.45) is 0 Å². The average molecular weight is 387 g/mol. The van der Waals surface area contributed by atoms with E-state index >= 15 is 0 Å². The molecule has 2 aromatic carbocycles. The van der Waals surface area contributed by atoms with Crippen molar-refractivity contribution in [3.63, 3.8) is 0 Å². The van der Waals surface area contributed by atoms with Gasteiger partial charge in [0.2, 0.25) is 5.95 Å². The zero-order valence-electron chi connectivity index (χ0n) is 14.2. The van der Waals surface area contributed by atoms with Gasteiger partial charge in [-0.2, -0.15) is 0 Å². The van der Waals surface area contributed by atoms with Crippen LogP contribution in [0.4, 0.5) is 17.3 Å². The van der Waals surface area contributed by atoms with Gasteiger partial charge in [-0.25, -0.2) is 9.97 Å². The lowest BCUT2D eigenvalue weighted by atomic mass is 10.1. The zero-order valence-corrected chi connectivity index (χ0v) is 15.7. The number of carbonyl (C=O) groups excluding carboxylic acids is 1. The van der Waals surface area contributed by atoms with E-state index in [0.717, 1.165) is 16.8 Å². The molecule has 0 fully saturated rings. The standard InChI is InChI=1S/C19H16Cl2N4O/c1-11-5-12(2)7-15(6-11)24-18(26)13-9-22-19(23-10-13)25-17-4-3-14(20)8-16(17)21/h3-10H,1-2H3,(H,24,26)(H,22,23,25). The van der Waals surface area contributed by atoms with Gasteiger partial charge in [0.1, 0.15) is 0 Å². The quantitative estimate of drug-likeness (QED) is 0.629. The Morgan fingerprint density at radius 1 is 0.962 bits per heavy atom. The van der Waals surface area contributed by atoms with Crippen molar-refractivity contribution >= 4 is 46.4 Å². The van der Waals surface area contributed by atoms with E-state index < -0.39 is 0 Å². The van der Waals surface area contributed by atoms with Crippen LogP contribution in [0.5, 0.6) is 0 Å². The fraction of sp³-hybridized carbons (Fsp3) is 0.105. The number of nitrogens with one attached hydrogen (secondary N) is 2. The first-order chi connectivity index (χ1) is 12.4. The third-order valence-electron chi connectivity index (χ3n) is 3.57. The first-order valence-electron chi connectivity index (χ1n) is 7.84. The maximum Gasteiger partial charge on any atom is 0.258 e. The molecule has 1 heterocycles. The van der Waals surface area contributed by atoms with E-state index in [0.29, 0.717) is 27.2 Å². The fourth-order valence-corrected chi connectivity index (χ4v) is 2.93. The molecule has 0 aliphatic heterocycles. The number of hydrogen-bond donors (Lipinski definition) is 2. The van der Waals surface area contributed by atoms with Crippen molar-refractivity contribution in [3.8, 4) is 0 Å². The SMILES string of the molecule is Cc1cc(C)cc(NC(=O)c2cnc(Nc3ccc(Cl)cc3Cl)nc2)c1. The van der Waals surface area contributed by atoms with E-state index in [9.17, 15) is 4.79 Å². The molecule has 0 aliphatic rings. The van der Waals surface area contributed by atoms with Gasteiger partial charge in [0, 0.05) is 23.1 Å². The van der Waals surface area contributed by atoms with E-state index in [2.05, 4.69) is 20.6 Å². The third-order valence-corrected chi connectivity index (χ3v) is 4.12. The second-order valence-corrected chi connectivity index (χ2v) is 6.72. The molecule has 1 amide bonds. The number of nitrogens with zero attached hydrogens (tertiary/aromatic N) is 2. The van der Waals surface area contributed by atoms with E-state index in [4.69, 9.17) is 23.2 Å². The minimum Gasteiger partial charge on any atom is -0.323 e. The number of aromatic nitrogens is 2. The second-order valence-electron chi connectivity index (χ2n) is 5.88. The van der Waals surface area contributed by atoms with Crippen LogP contribution < -0.4 is 10.6 Å². The summed E-state index contributed by atoms with van der Waals surface area (Å²) in [5, 5.41) is 6.83. The average Bonchev–Trinajstić information content (AvgIpc) is 2.57. The normalized spacial score (nSPS) is 10.5. The van der Waals surface area contributed by atoms with Gasteiger partial charge in [-0.3, -0.25) is 4.79 Å². The largest absolute Gasteiger partial charge is 0.323 e. The second kappa shape index (κ2) is 7.72. The predicted molar refractivity (Wildman–Crippen MR) is 106 cm³/mol. The third kappa shape index (κ3) is 4.50. The molecule has 0 aliphatic carbocycles. The number of carbonyl (C=O) groups is 1. The summed E-state index contributed by atoms with van der Waals surface area (Å²) in [6.07, 6.45) is 2.91. The maximum atomic E-state index is 12.4. The molecule has 0 saturated heterocycles. The summed E-state index contributed by atoms with van der Waals surface area (Å²) in [6.45, 7) is 3.96. The lowest BCUT2D eigenvalue weighted by molar-refractivity contribution is 0.102. The molecule has 0 radical (unpaired) electrons. The fourth-order valence-electron chi connectivity index (χ4n) is 2.47. The molecule has 5 nitrogen and oxygen atoms in total. The lowest BCUT2D eigenvalue weighted by Gasteiger charge is -2.09. The lowest BCUT2D eigenvalue weighted by Crippen LogP contribution is -2.13. The van der Waals surface area contributed by atoms with Crippen LogP contribution in [0.15, 0.2) is 48.8 Å². The van der Waals surface area contributed by atoms with Crippen molar-refractivity contribution in [1.82, 2.24) is 9.97 Å². The molecular formula is C19H16Cl2N4O. The number of amides is 1. The van der Waals surface area contributed by atoms with Gasteiger partial charge in [0.25, 0.3) is 5.91 Å². The monoisotopic (exact) mass is 386 g/mol. The Bertz CT molecular complexity index is 938. The van der Waals surface area contributed by atoms with Gasteiger partial charge in [0.15, 0.2) is 0 Å². The summed E-state index contributed by atoms with van der Waals surface area (Å²) in [7, 11) is 0. The summed E-state index contributed by atoms with van der Waals surface area (Å²) >= 11 is 12.0. The van der Waals surface area contributed by atoms with Crippen molar-refractivity contribution in [2.75, 3.05) is 10.6 Å². The minimum atomic E-state index is -0.272. The van der Waals surface area contributed by atoms with Gasteiger partial charge in [-0.1, -0.05) is 29.3 Å². The Morgan fingerprint density at radius 3 is 2.23 bits per heavy atom. The number of hydrogen-bond acceptors (Lipinski definition) is 4. The van der Waals surface area contributed by atoms with Crippen LogP contribution in [0.2, 0.25) is 10.0 Å². The molecule has 3 aromatic rings. The molecule has 3 rings (SSSR count). The van der Waals surface area contributed by atoms with Crippen molar-refractivity contribution < 1.29 is 4.79 Å². The molecule has 0 bridgehead atoms. The molecule has 0 spiro atoms. The Labute approximate surface area is 161 Å². The van der Waals surface area contributed by atoms with Crippen LogP contribution in [0.3, 0.4) is 0 Å². The first-order valence-corrected chi connectivity index (χ1v) is 8.60. The Kier molecular flexibility index (Phi) is 5.40. The van der Waals surface area contributed by atoms with Crippen LogP contribution in [0.25, 0.3) is 0 Å². The number of aryl methyl sites for hydroxylation is 2. The van der Waals surface area contributed by atoms with Crippen molar-refractivity contribution in [2.45, 2.75) is 13.8 Å². The zero-order chi connectivity index (χ0) is 18.7. The van der Waals surface area contributed by atoms with E-state index in [1.807, 2.05) is 32.0 Å². The highest BCUT2D eigenvalue weighted by Crippen LogP contribution is 2.27. The summed E-state index contributed by atoms with van der Waals surface area (Å²) in [5.74, 6) is 0.0586. The topological polar surface area (TPSA) is 66.9 Å². The highest BCUT2D eigenvalue weighted by Gasteiger charge is 2.09.